The van der Waals surface area contributed by atoms with Gasteiger partial charge in [-0.2, -0.15) is 0 Å². The first-order valence-corrected chi connectivity index (χ1v) is 4.74. The molecule has 0 saturated carbocycles. The molecule has 1 aliphatic rings. The number of rotatable bonds is 1. The van der Waals surface area contributed by atoms with E-state index in [9.17, 15) is 9.90 Å². The summed E-state index contributed by atoms with van der Waals surface area (Å²) < 4.78 is 0. The van der Waals surface area contributed by atoms with Crippen molar-refractivity contribution in [1.29, 1.82) is 0 Å². The highest BCUT2D eigenvalue weighted by atomic mass is 16.3. The third kappa shape index (κ3) is 1.16. The number of amides is 1. The Morgan fingerprint density at radius 1 is 1.43 bits per heavy atom. The molecule has 1 aromatic carbocycles. The molecule has 14 heavy (non-hydrogen) atoms. The molecular formula is C11H13NO2. The molecule has 0 aromatic heterocycles. The van der Waals surface area contributed by atoms with Crippen LogP contribution in [0.25, 0.3) is 0 Å². The van der Waals surface area contributed by atoms with Crippen LogP contribution in [0.3, 0.4) is 0 Å². The maximum absolute atomic E-state index is 11.6. The topological polar surface area (TPSA) is 40.5 Å². The molecule has 0 saturated heterocycles. The number of carbonyl (C=O) groups is 1. The predicted molar refractivity (Wildman–Crippen MR) is 54.4 cm³/mol. The number of carbonyl (C=O) groups excluding carboxylic acids is 1. The van der Waals surface area contributed by atoms with Gasteiger partial charge in [0, 0.05) is 6.04 Å². The number of benzene rings is 1. The lowest BCUT2D eigenvalue weighted by Crippen LogP contribution is -2.33. The van der Waals surface area contributed by atoms with E-state index >= 15 is 0 Å². The van der Waals surface area contributed by atoms with Gasteiger partial charge in [-0.1, -0.05) is 12.1 Å². The van der Waals surface area contributed by atoms with E-state index in [0.717, 1.165) is 5.56 Å². The lowest BCUT2D eigenvalue weighted by molar-refractivity contribution is -0.117. The van der Waals surface area contributed by atoms with Crippen molar-refractivity contribution in [3.05, 3.63) is 23.8 Å². The first kappa shape index (κ1) is 9.06. The van der Waals surface area contributed by atoms with Crippen LogP contribution in [0.2, 0.25) is 0 Å². The largest absolute Gasteiger partial charge is 0.506 e. The molecule has 1 N–H and O–H groups in total. The Morgan fingerprint density at radius 3 is 2.79 bits per heavy atom. The number of phenols is 1. The third-order valence-corrected chi connectivity index (χ3v) is 2.47. The maximum atomic E-state index is 11.6. The van der Waals surface area contributed by atoms with Gasteiger partial charge < -0.3 is 10.0 Å². The van der Waals surface area contributed by atoms with Crippen molar-refractivity contribution in [2.45, 2.75) is 26.3 Å². The van der Waals surface area contributed by atoms with Gasteiger partial charge in [0.2, 0.25) is 5.91 Å². The second-order valence-corrected chi connectivity index (χ2v) is 3.82. The molecule has 3 nitrogen and oxygen atoms in total. The quantitative estimate of drug-likeness (QED) is 0.733. The number of para-hydroxylation sites is 1. The highest BCUT2D eigenvalue weighted by molar-refractivity contribution is 6.03. The van der Waals surface area contributed by atoms with Crippen LogP contribution >= 0.6 is 0 Å². The van der Waals surface area contributed by atoms with Gasteiger partial charge in [-0.15, -0.1) is 0 Å². The Kier molecular flexibility index (Phi) is 1.95. The predicted octanol–water partition coefficient (Wildman–Crippen LogP) is 1.69. The average molecular weight is 191 g/mol. The fourth-order valence-corrected chi connectivity index (χ4v) is 1.92. The normalized spacial score (nSPS) is 15.1. The lowest BCUT2D eigenvalue weighted by Gasteiger charge is -2.22. The summed E-state index contributed by atoms with van der Waals surface area (Å²) in [6, 6.07) is 5.37. The van der Waals surface area contributed by atoms with E-state index in [1.54, 1.807) is 17.0 Å². The van der Waals surface area contributed by atoms with Crippen LogP contribution in [-0.4, -0.2) is 17.1 Å². The zero-order valence-corrected chi connectivity index (χ0v) is 8.32. The van der Waals surface area contributed by atoms with Gasteiger partial charge in [0.1, 0.15) is 5.75 Å². The van der Waals surface area contributed by atoms with E-state index in [2.05, 4.69) is 0 Å². The first-order chi connectivity index (χ1) is 6.61. The monoisotopic (exact) mass is 191 g/mol. The molecule has 1 heterocycles. The van der Waals surface area contributed by atoms with E-state index in [4.69, 9.17) is 0 Å². The summed E-state index contributed by atoms with van der Waals surface area (Å²) in [5.74, 6) is 0.263. The van der Waals surface area contributed by atoms with E-state index in [0.29, 0.717) is 12.1 Å². The van der Waals surface area contributed by atoms with Crippen LogP contribution in [0.1, 0.15) is 19.4 Å². The standard InChI is InChI=1S/C11H13NO2/c1-7(2)12-10(14)6-8-4-3-5-9(13)11(8)12/h3-5,7,13H,6H2,1-2H3. The Morgan fingerprint density at radius 2 is 2.14 bits per heavy atom. The van der Waals surface area contributed by atoms with Crippen molar-refractivity contribution in [1.82, 2.24) is 0 Å². The number of hydrogen-bond donors (Lipinski definition) is 1. The van der Waals surface area contributed by atoms with Crippen LogP contribution in [-0.2, 0) is 11.2 Å². The van der Waals surface area contributed by atoms with Gasteiger partial charge in [-0.3, -0.25) is 4.79 Å². The van der Waals surface area contributed by atoms with Crippen molar-refractivity contribution in [2.75, 3.05) is 4.90 Å². The number of nitrogens with zero attached hydrogens (tertiary/aromatic N) is 1. The summed E-state index contributed by atoms with van der Waals surface area (Å²) in [5, 5.41) is 9.67. The van der Waals surface area contributed by atoms with E-state index in [1.807, 2.05) is 19.9 Å². The highest BCUT2D eigenvalue weighted by Gasteiger charge is 2.31. The zero-order chi connectivity index (χ0) is 10.3. The smallest absolute Gasteiger partial charge is 0.231 e. The van der Waals surface area contributed by atoms with E-state index < -0.39 is 0 Å². The minimum atomic E-state index is 0.0662. The molecule has 3 heteroatoms. The number of fused-ring (bicyclic) bond motifs is 1. The lowest BCUT2D eigenvalue weighted by atomic mass is 10.1. The molecule has 0 bridgehead atoms. The molecular weight excluding hydrogens is 178 g/mol. The van der Waals surface area contributed by atoms with Crippen molar-refractivity contribution in [3.63, 3.8) is 0 Å². The third-order valence-electron chi connectivity index (χ3n) is 2.47. The zero-order valence-electron chi connectivity index (χ0n) is 8.32. The molecule has 0 radical (unpaired) electrons. The fourth-order valence-electron chi connectivity index (χ4n) is 1.92. The van der Waals surface area contributed by atoms with Crippen LogP contribution in [0.4, 0.5) is 5.69 Å². The molecule has 0 unspecified atom stereocenters. The Balaban J connectivity index is 2.55. The number of phenolic OH excluding ortho intramolecular Hbond substituents is 1. The van der Waals surface area contributed by atoms with Gasteiger partial charge in [0.15, 0.2) is 0 Å². The highest BCUT2D eigenvalue weighted by Crippen LogP contribution is 2.37. The van der Waals surface area contributed by atoms with Crippen LogP contribution in [0.15, 0.2) is 18.2 Å². The minimum absolute atomic E-state index is 0.0662. The summed E-state index contributed by atoms with van der Waals surface area (Å²) in [6.45, 7) is 3.89. The molecule has 1 aromatic rings. The summed E-state index contributed by atoms with van der Waals surface area (Å²) in [6.07, 6.45) is 0.405. The average Bonchev–Trinajstić information content (AvgIpc) is 2.42. The van der Waals surface area contributed by atoms with Crippen LogP contribution < -0.4 is 4.90 Å². The maximum Gasteiger partial charge on any atom is 0.231 e. The van der Waals surface area contributed by atoms with Crippen molar-refractivity contribution in [3.8, 4) is 5.75 Å². The number of aromatic hydroxyl groups is 1. The van der Waals surface area contributed by atoms with Crippen LogP contribution in [0, 0.1) is 0 Å². The van der Waals surface area contributed by atoms with Crippen molar-refractivity contribution < 1.29 is 9.90 Å². The first-order valence-electron chi connectivity index (χ1n) is 4.74. The second kappa shape index (κ2) is 3.01. The molecule has 1 amide bonds. The number of hydrogen-bond acceptors (Lipinski definition) is 2. The van der Waals surface area contributed by atoms with Gasteiger partial charge in [-0.25, -0.2) is 0 Å². The van der Waals surface area contributed by atoms with Gasteiger partial charge in [0.25, 0.3) is 0 Å². The second-order valence-electron chi connectivity index (χ2n) is 3.82. The molecule has 0 spiro atoms. The Bertz CT molecular complexity index is 385. The van der Waals surface area contributed by atoms with Crippen LogP contribution in [0.5, 0.6) is 5.75 Å². The number of anilines is 1. The molecule has 2 rings (SSSR count). The fraction of sp³-hybridized carbons (Fsp3) is 0.364. The summed E-state index contributed by atoms with van der Waals surface area (Å²) in [7, 11) is 0. The van der Waals surface area contributed by atoms with E-state index in [-0.39, 0.29) is 17.7 Å². The van der Waals surface area contributed by atoms with Gasteiger partial charge >= 0.3 is 0 Å². The van der Waals surface area contributed by atoms with Gasteiger partial charge in [-0.05, 0) is 25.5 Å². The summed E-state index contributed by atoms with van der Waals surface area (Å²) in [4.78, 5) is 13.3. The van der Waals surface area contributed by atoms with Crippen molar-refractivity contribution in [2.24, 2.45) is 0 Å². The minimum Gasteiger partial charge on any atom is -0.506 e. The summed E-state index contributed by atoms with van der Waals surface area (Å²) >= 11 is 0. The SMILES string of the molecule is CC(C)N1C(=O)Cc2cccc(O)c21. The molecule has 0 aliphatic carbocycles. The summed E-state index contributed by atoms with van der Waals surface area (Å²) in [5.41, 5.74) is 1.61. The van der Waals surface area contributed by atoms with E-state index in [1.165, 1.54) is 0 Å². The molecule has 1 aliphatic heterocycles. The molecule has 74 valence electrons. The Labute approximate surface area is 83.0 Å². The Hall–Kier alpha value is -1.51. The van der Waals surface area contributed by atoms with Crippen molar-refractivity contribution >= 4 is 11.6 Å². The van der Waals surface area contributed by atoms with Gasteiger partial charge in [0.05, 0.1) is 12.1 Å². The molecule has 0 atom stereocenters. The molecule has 0 fully saturated rings.